The Balaban J connectivity index is 1.97. The summed E-state index contributed by atoms with van der Waals surface area (Å²) in [6.45, 7) is 6.24. The van der Waals surface area contributed by atoms with Crippen molar-refractivity contribution < 1.29 is 5.11 Å². The predicted molar refractivity (Wildman–Crippen MR) is 77.2 cm³/mol. The molecule has 1 saturated carbocycles. The molecule has 4 nitrogen and oxygen atoms in total. The number of phenols is 1. The Morgan fingerprint density at radius 3 is 2.63 bits per heavy atom. The fourth-order valence-corrected chi connectivity index (χ4v) is 3.19. The van der Waals surface area contributed by atoms with Gasteiger partial charge in [-0.1, -0.05) is 6.07 Å². The van der Waals surface area contributed by atoms with E-state index in [1.165, 1.54) is 12.8 Å². The van der Waals surface area contributed by atoms with Crippen molar-refractivity contribution in [1.82, 2.24) is 10.2 Å². The van der Waals surface area contributed by atoms with Crippen molar-refractivity contribution in [1.29, 1.82) is 0 Å². The SMILES string of the molecule is Cc1ccc(N)c(O)c1[C@H](C1CC1)N1CCNCC1. The molecule has 104 valence electrons. The number of nitrogens with zero attached hydrogens (tertiary/aromatic N) is 1. The van der Waals surface area contributed by atoms with E-state index < -0.39 is 0 Å². The van der Waals surface area contributed by atoms with Gasteiger partial charge in [0.2, 0.25) is 0 Å². The molecule has 4 heteroatoms. The molecule has 1 aromatic rings. The van der Waals surface area contributed by atoms with Gasteiger partial charge in [0.25, 0.3) is 0 Å². The number of nitrogen functional groups attached to an aromatic ring is 1. The normalized spacial score (nSPS) is 22.4. The number of phenolic OH excluding ortho intramolecular Hbond substituents is 1. The summed E-state index contributed by atoms with van der Waals surface area (Å²) in [5.74, 6) is 0.986. The number of nitrogens with one attached hydrogen (secondary N) is 1. The van der Waals surface area contributed by atoms with Crippen molar-refractivity contribution in [3.63, 3.8) is 0 Å². The summed E-state index contributed by atoms with van der Waals surface area (Å²) < 4.78 is 0. The molecular weight excluding hydrogens is 238 g/mol. The van der Waals surface area contributed by atoms with E-state index in [0.717, 1.165) is 37.3 Å². The molecule has 2 fully saturated rings. The van der Waals surface area contributed by atoms with Gasteiger partial charge >= 0.3 is 0 Å². The first-order chi connectivity index (χ1) is 9.18. The van der Waals surface area contributed by atoms with E-state index in [2.05, 4.69) is 17.1 Å². The summed E-state index contributed by atoms with van der Waals surface area (Å²) in [7, 11) is 0. The van der Waals surface area contributed by atoms with Crippen molar-refractivity contribution in [2.24, 2.45) is 5.92 Å². The van der Waals surface area contributed by atoms with Crippen LogP contribution in [-0.2, 0) is 0 Å². The quantitative estimate of drug-likeness (QED) is 0.572. The zero-order chi connectivity index (χ0) is 13.4. The maximum Gasteiger partial charge on any atom is 0.143 e. The molecule has 0 unspecified atom stereocenters. The minimum atomic E-state index is 0.301. The predicted octanol–water partition coefficient (Wildman–Crippen LogP) is 1.64. The maximum atomic E-state index is 10.4. The molecule has 0 amide bonds. The van der Waals surface area contributed by atoms with Gasteiger partial charge in [-0.2, -0.15) is 0 Å². The topological polar surface area (TPSA) is 61.5 Å². The highest BCUT2D eigenvalue weighted by Crippen LogP contribution is 2.48. The monoisotopic (exact) mass is 261 g/mol. The molecule has 19 heavy (non-hydrogen) atoms. The maximum absolute atomic E-state index is 10.4. The van der Waals surface area contributed by atoms with E-state index in [4.69, 9.17) is 5.73 Å². The molecule has 0 aromatic heterocycles. The van der Waals surface area contributed by atoms with Crippen molar-refractivity contribution in [3.05, 3.63) is 23.3 Å². The second-order valence-electron chi connectivity index (χ2n) is 5.80. The highest BCUT2D eigenvalue weighted by atomic mass is 16.3. The Morgan fingerprint density at radius 2 is 2.00 bits per heavy atom. The molecule has 4 N–H and O–H groups in total. The molecule has 2 aliphatic rings. The van der Waals surface area contributed by atoms with E-state index in [9.17, 15) is 5.11 Å². The van der Waals surface area contributed by atoms with Crippen LogP contribution in [0.3, 0.4) is 0 Å². The molecule has 0 radical (unpaired) electrons. The fraction of sp³-hybridized carbons (Fsp3) is 0.600. The smallest absolute Gasteiger partial charge is 0.143 e. The second kappa shape index (κ2) is 5.02. The lowest BCUT2D eigenvalue weighted by Crippen LogP contribution is -2.45. The Labute approximate surface area is 114 Å². The minimum absolute atomic E-state index is 0.301. The molecule has 1 aliphatic heterocycles. The van der Waals surface area contributed by atoms with E-state index in [1.807, 2.05) is 6.07 Å². The average Bonchev–Trinajstić information content (AvgIpc) is 3.24. The van der Waals surface area contributed by atoms with Crippen LogP contribution in [0.4, 0.5) is 5.69 Å². The molecule has 1 saturated heterocycles. The number of nitrogens with two attached hydrogens (primary N) is 1. The van der Waals surface area contributed by atoms with Crippen LogP contribution < -0.4 is 11.1 Å². The number of aromatic hydroxyl groups is 1. The van der Waals surface area contributed by atoms with Crippen LogP contribution in [0.25, 0.3) is 0 Å². The molecule has 1 aliphatic carbocycles. The van der Waals surface area contributed by atoms with Gasteiger partial charge in [-0.05, 0) is 37.3 Å². The molecular formula is C15H23N3O. The molecule has 1 atom stereocenters. The fourth-order valence-electron chi connectivity index (χ4n) is 3.19. The third-order valence-electron chi connectivity index (χ3n) is 4.38. The Morgan fingerprint density at radius 1 is 1.32 bits per heavy atom. The lowest BCUT2D eigenvalue weighted by Gasteiger charge is -2.36. The number of rotatable bonds is 3. The Hall–Kier alpha value is -1.26. The largest absolute Gasteiger partial charge is 0.505 e. The second-order valence-corrected chi connectivity index (χ2v) is 5.80. The van der Waals surface area contributed by atoms with Gasteiger partial charge in [-0.3, -0.25) is 4.90 Å². The number of hydrogen-bond acceptors (Lipinski definition) is 4. The third kappa shape index (κ3) is 2.42. The summed E-state index contributed by atoms with van der Waals surface area (Å²) in [5.41, 5.74) is 8.61. The van der Waals surface area contributed by atoms with Crippen LogP contribution in [0.1, 0.15) is 30.0 Å². The lowest BCUT2D eigenvalue weighted by molar-refractivity contribution is 0.153. The van der Waals surface area contributed by atoms with Crippen molar-refractivity contribution in [3.8, 4) is 5.75 Å². The van der Waals surface area contributed by atoms with Crippen molar-refractivity contribution in [2.45, 2.75) is 25.8 Å². The van der Waals surface area contributed by atoms with Crippen LogP contribution in [0.15, 0.2) is 12.1 Å². The third-order valence-corrected chi connectivity index (χ3v) is 4.38. The average molecular weight is 261 g/mol. The highest BCUT2D eigenvalue weighted by molar-refractivity contribution is 5.59. The van der Waals surface area contributed by atoms with Crippen LogP contribution >= 0.6 is 0 Å². The molecule has 0 spiro atoms. The van der Waals surface area contributed by atoms with Gasteiger partial charge in [0, 0.05) is 37.8 Å². The Bertz CT molecular complexity index is 465. The first-order valence-corrected chi connectivity index (χ1v) is 7.21. The van der Waals surface area contributed by atoms with Gasteiger partial charge in [0.1, 0.15) is 5.75 Å². The number of hydrogen-bond donors (Lipinski definition) is 3. The number of benzene rings is 1. The lowest BCUT2D eigenvalue weighted by atomic mass is 9.94. The van der Waals surface area contributed by atoms with Crippen LogP contribution in [0.5, 0.6) is 5.75 Å². The summed E-state index contributed by atoms with van der Waals surface area (Å²) in [6.07, 6.45) is 2.53. The van der Waals surface area contributed by atoms with E-state index >= 15 is 0 Å². The number of piperazine rings is 1. The highest BCUT2D eigenvalue weighted by Gasteiger charge is 2.39. The molecule has 1 heterocycles. The zero-order valence-electron chi connectivity index (χ0n) is 11.5. The van der Waals surface area contributed by atoms with Crippen LogP contribution in [0.2, 0.25) is 0 Å². The summed E-state index contributed by atoms with van der Waals surface area (Å²) in [4.78, 5) is 2.51. The van der Waals surface area contributed by atoms with Gasteiger partial charge < -0.3 is 16.2 Å². The summed E-state index contributed by atoms with van der Waals surface area (Å²) >= 11 is 0. The van der Waals surface area contributed by atoms with Gasteiger partial charge in [0.15, 0.2) is 0 Å². The Kier molecular flexibility index (Phi) is 3.37. The zero-order valence-corrected chi connectivity index (χ0v) is 11.5. The number of aryl methyl sites for hydroxylation is 1. The van der Waals surface area contributed by atoms with E-state index in [0.29, 0.717) is 23.4 Å². The van der Waals surface area contributed by atoms with Crippen LogP contribution in [0, 0.1) is 12.8 Å². The van der Waals surface area contributed by atoms with E-state index in [-0.39, 0.29) is 0 Å². The van der Waals surface area contributed by atoms with Crippen molar-refractivity contribution >= 4 is 5.69 Å². The van der Waals surface area contributed by atoms with E-state index in [1.54, 1.807) is 6.07 Å². The molecule has 0 bridgehead atoms. The summed E-state index contributed by atoms with van der Waals surface area (Å²) in [5, 5.41) is 13.8. The molecule has 1 aromatic carbocycles. The minimum Gasteiger partial charge on any atom is -0.505 e. The van der Waals surface area contributed by atoms with Crippen molar-refractivity contribution in [2.75, 3.05) is 31.9 Å². The first kappa shape index (κ1) is 12.8. The first-order valence-electron chi connectivity index (χ1n) is 7.21. The summed E-state index contributed by atoms with van der Waals surface area (Å²) in [6, 6.07) is 4.17. The number of anilines is 1. The van der Waals surface area contributed by atoms with Gasteiger partial charge in [-0.15, -0.1) is 0 Å². The standard InChI is InChI=1S/C15H23N3O/c1-10-2-5-12(16)15(19)13(10)14(11-3-4-11)18-8-6-17-7-9-18/h2,5,11,14,17,19H,3-4,6-9,16H2,1H3/t14-/m0/s1. The van der Waals surface area contributed by atoms with Gasteiger partial charge in [0.05, 0.1) is 5.69 Å². The van der Waals surface area contributed by atoms with Crippen LogP contribution in [-0.4, -0.2) is 36.2 Å². The van der Waals surface area contributed by atoms with Gasteiger partial charge in [-0.25, -0.2) is 0 Å². The molecule has 3 rings (SSSR count).